The zero-order valence-electron chi connectivity index (χ0n) is 16.5. The van der Waals surface area contributed by atoms with Crippen LogP contribution >= 0.6 is 11.6 Å². The van der Waals surface area contributed by atoms with E-state index in [0.717, 1.165) is 11.1 Å². The van der Waals surface area contributed by atoms with Crippen LogP contribution in [0.15, 0.2) is 88.5 Å². The number of halogens is 1. The van der Waals surface area contributed by atoms with Crippen molar-refractivity contribution < 1.29 is 4.79 Å². The standard InChI is InChI=1S/C24H20ClN3O3/c25-18-12-10-17(11-13-18)22(16-6-2-1-3-7-16)26-21(29)14-15-28-24(31)20-9-5-4-8-19(20)23(30)27-28/h1-13,22H,14-15H2,(H,26,29)(H,27,30). The lowest BCUT2D eigenvalue weighted by Gasteiger charge is -2.20. The van der Waals surface area contributed by atoms with Crippen LogP contribution in [0.2, 0.25) is 5.02 Å². The molecule has 0 saturated carbocycles. The van der Waals surface area contributed by atoms with Crippen molar-refractivity contribution in [2.24, 2.45) is 0 Å². The highest BCUT2D eigenvalue weighted by Gasteiger charge is 2.17. The number of amides is 1. The lowest BCUT2D eigenvalue weighted by Crippen LogP contribution is -2.34. The Hall–Kier alpha value is -3.64. The zero-order chi connectivity index (χ0) is 21.8. The molecule has 0 bridgehead atoms. The monoisotopic (exact) mass is 433 g/mol. The smallest absolute Gasteiger partial charge is 0.273 e. The quantitative estimate of drug-likeness (QED) is 0.487. The number of carbonyl (C=O) groups excluding carboxylic acids is 1. The first-order valence-electron chi connectivity index (χ1n) is 9.84. The molecule has 0 saturated heterocycles. The summed E-state index contributed by atoms with van der Waals surface area (Å²) in [6, 6.07) is 23.1. The Morgan fingerprint density at radius 1 is 0.871 bits per heavy atom. The van der Waals surface area contributed by atoms with Crippen LogP contribution in [-0.4, -0.2) is 15.7 Å². The molecule has 3 aromatic carbocycles. The number of nitrogens with zero attached hydrogens (tertiary/aromatic N) is 1. The molecule has 0 radical (unpaired) electrons. The Balaban J connectivity index is 1.54. The summed E-state index contributed by atoms with van der Waals surface area (Å²) in [5, 5.41) is 6.85. The minimum Gasteiger partial charge on any atom is -0.345 e. The summed E-state index contributed by atoms with van der Waals surface area (Å²) in [6.07, 6.45) is 0.0328. The molecule has 4 rings (SSSR count). The van der Waals surface area contributed by atoms with Gasteiger partial charge in [-0.25, -0.2) is 4.68 Å². The maximum Gasteiger partial charge on any atom is 0.273 e. The molecule has 4 aromatic rings. The largest absolute Gasteiger partial charge is 0.345 e. The van der Waals surface area contributed by atoms with Crippen molar-refractivity contribution >= 4 is 28.3 Å². The van der Waals surface area contributed by atoms with Crippen molar-refractivity contribution in [2.75, 3.05) is 0 Å². The van der Waals surface area contributed by atoms with E-state index in [1.54, 1.807) is 36.4 Å². The SMILES string of the molecule is O=C(CCn1[nH]c(=O)c2ccccc2c1=O)NC(c1ccccc1)c1ccc(Cl)cc1. The van der Waals surface area contributed by atoms with Crippen molar-refractivity contribution in [1.82, 2.24) is 15.1 Å². The Morgan fingerprint density at radius 2 is 1.48 bits per heavy atom. The van der Waals surface area contributed by atoms with Gasteiger partial charge in [-0.2, -0.15) is 0 Å². The van der Waals surface area contributed by atoms with Crippen molar-refractivity contribution in [2.45, 2.75) is 19.0 Å². The fraction of sp³-hybridized carbons (Fsp3) is 0.125. The van der Waals surface area contributed by atoms with Gasteiger partial charge in [-0.05, 0) is 35.4 Å². The summed E-state index contributed by atoms with van der Waals surface area (Å²) >= 11 is 6.01. The zero-order valence-corrected chi connectivity index (χ0v) is 17.3. The van der Waals surface area contributed by atoms with Gasteiger partial charge < -0.3 is 5.32 Å². The van der Waals surface area contributed by atoms with E-state index in [-0.39, 0.29) is 36.0 Å². The van der Waals surface area contributed by atoms with Crippen LogP contribution in [0.25, 0.3) is 10.8 Å². The number of benzene rings is 3. The molecule has 31 heavy (non-hydrogen) atoms. The average Bonchev–Trinajstić information content (AvgIpc) is 2.80. The molecule has 156 valence electrons. The number of aromatic nitrogens is 2. The van der Waals surface area contributed by atoms with Crippen molar-refractivity contribution in [3.63, 3.8) is 0 Å². The summed E-state index contributed by atoms with van der Waals surface area (Å²) in [4.78, 5) is 37.6. The maximum atomic E-state index is 12.8. The first-order chi connectivity index (χ1) is 15.0. The van der Waals surface area contributed by atoms with Gasteiger partial charge in [0.15, 0.2) is 0 Å². The Kier molecular flexibility index (Phi) is 6.00. The van der Waals surface area contributed by atoms with E-state index in [4.69, 9.17) is 11.6 Å². The summed E-state index contributed by atoms with van der Waals surface area (Å²) in [7, 11) is 0. The number of fused-ring (bicyclic) bond motifs is 1. The topological polar surface area (TPSA) is 84.0 Å². The third-order valence-electron chi connectivity index (χ3n) is 5.09. The van der Waals surface area contributed by atoms with Crippen molar-refractivity contribution in [3.05, 3.63) is 116 Å². The van der Waals surface area contributed by atoms with Crippen LogP contribution < -0.4 is 16.4 Å². The third-order valence-corrected chi connectivity index (χ3v) is 5.34. The summed E-state index contributed by atoms with van der Waals surface area (Å²) < 4.78 is 1.18. The molecule has 0 aliphatic heterocycles. The van der Waals surface area contributed by atoms with Gasteiger partial charge in [-0.15, -0.1) is 0 Å². The molecule has 0 spiro atoms. The van der Waals surface area contributed by atoms with E-state index in [0.29, 0.717) is 15.8 Å². The van der Waals surface area contributed by atoms with Crippen LogP contribution in [0.4, 0.5) is 0 Å². The average molecular weight is 434 g/mol. The van der Waals surface area contributed by atoms with E-state index in [1.807, 2.05) is 42.5 Å². The van der Waals surface area contributed by atoms with Gasteiger partial charge in [0.2, 0.25) is 5.91 Å². The Labute approximate surface area is 183 Å². The number of nitrogens with one attached hydrogen (secondary N) is 2. The van der Waals surface area contributed by atoms with Crippen LogP contribution in [0, 0.1) is 0 Å². The van der Waals surface area contributed by atoms with Gasteiger partial charge in [-0.1, -0.05) is 66.2 Å². The molecule has 7 heteroatoms. The Bertz CT molecular complexity index is 1330. The molecular weight excluding hydrogens is 414 g/mol. The fourth-order valence-corrected chi connectivity index (χ4v) is 3.64. The molecule has 0 fully saturated rings. The van der Waals surface area contributed by atoms with E-state index in [1.165, 1.54) is 4.68 Å². The number of rotatable bonds is 6. The molecule has 1 amide bonds. The molecule has 1 heterocycles. The molecule has 1 unspecified atom stereocenters. The van der Waals surface area contributed by atoms with Crippen LogP contribution in [-0.2, 0) is 11.3 Å². The molecule has 1 atom stereocenters. The van der Waals surface area contributed by atoms with Crippen molar-refractivity contribution in [3.8, 4) is 0 Å². The highest BCUT2D eigenvalue weighted by molar-refractivity contribution is 6.30. The van der Waals surface area contributed by atoms with E-state index >= 15 is 0 Å². The third kappa shape index (κ3) is 4.59. The number of carbonyl (C=O) groups is 1. The normalized spacial score (nSPS) is 11.9. The van der Waals surface area contributed by atoms with Crippen molar-refractivity contribution in [1.29, 1.82) is 0 Å². The first-order valence-corrected chi connectivity index (χ1v) is 10.2. The molecule has 0 aliphatic rings. The van der Waals surface area contributed by atoms with Crippen LogP contribution in [0.3, 0.4) is 0 Å². The second-order valence-corrected chi connectivity index (χ2v) is 7.59. The first kappa shape index (κ1) is 20.6. The molecule has 1 aromatic heterocycles. The maximum absolute atomic E-state index is 12.8. The molecule has 6 nitrogen and oxygen atoms in total. The van der Waals surface area contributed by atoms with Gasteiger partial charge in [0.1, 0.15) is 0 Å². The summed E-state index contributed by atoms with van der Waals surface area (Å²) in [5.74, 6) is -0.246. The molecule has 2 N–H and O–H groups in total. The highest BCUT2D eigenvalue weighted by atomic mass is 35.5. The lowest BCUT2D eigenvalue weighted by molar-refractivity contribution is -0.121. The van der Waals surface area contributed by atoms with Gasteiger partial charge >= 0.3 is 0 Å². The second kappa shape index (κ2) is 9.02. The van der Waals surface area contributed by atoms with E-state index in [9.17, 15) is 14.4 Å². The second-order valence-electron chi connectivity index (χ2n) is 7.16. The number of H-pyrrole nitrogens is 1. The summed E-state index contributed by atoms with van der Waals surface area (Å²) in [5.41, 5.74) is 1.12. The van der Waals surface area contributed by atoms with E-state index in [2.05, 4.69) is 10.4 Å². The van der Waals surface area contributed by atoms with E-state index < -0.39 is 0 Å². The lowest BCUT2D eigenvalue weighted by atomic mass is 9.98. The fourth-order valence-electron chi connectivity index (χ4n) is 3.51. The minimum atomic E-state index is -0.363. The van der Waals surface area contributed by atoms with Gasteiger partial charge in [0, 0.05) is 11.4 Å². The molecule has 0 aliphatic carbocycles. The minimum absolute atomic E-state index is 0.0328. The highest BCUT2D eigenvalue weighted by Crippen LogP contribution is 2.23. The number of hydrogen-bond donors (Lipinski definition) is 2. The predicted octanol–water partition coefficient (Wildman–Crippen LogP) is 3.64. The Morgan fingerprint density at radius 3 is 2.19 bits per heavy atom. The van der Waals surface area contributed by atoms with Gasteiger partial charge in [0.25, 0.3) is 11.1 Å². The summed E-state index contributed by atoms with van der Waals surface area (Å²) in [6.45, 7) is 0.0624. The van der Waals surface area contributed by atoms with Gasteiger partial charge in [0.05, 0.1) is 23.4 Å². The number of aryl methyl sites for hydroxylation is 1. The molecular formula is C24H20ClN3O3. The number of hydrogen-bond acceptors (Lipinski definition) is 3. The predicted molar refractivity (Wildman–Crippen MR) is 121 cm³/mol. The van der Waals surface area contributed by atoms with Crippen LogP contribution in [0.5, 0.6) is 0 Å². The van der Waals surface area contributed by atoms with Crippen LogP contribution in [0.1, 0.15) is 23.6 Å². The number of aromatic amines is 1. The van der Waals surface area contributed by atoms with Gasteiger partial charge in [-0.3, -0.25) is 19.5 Å².